The van der Waals surface area contributed by atoms with Crippen molar-refractivity contribution in [2.24, 2.45) is 0 Å². The molecule has 0 N–H and O–H groups in total. The number of aromatic nitrogens is 2. The number of aryl methyl sites for hydroxylation is 1. The molecule has 1 amide bonds. The molecule has 0 atom stereocenters. The summed E-state index contributed by atoms with van der Waals surface area (Å²) in [7, 11) is 0. The van der Waals surface area contributed by atoms with Crippen molar-refractivity contribution in [3.8, 4) is 0 Å². The smallest absolute Gasteiger partial charge is 0.342 e. The highest BCUT2D eigenvalue weighted by Gasteiger charge is 2.35. The lowest BCUT2D eigenvalue weighted by molar-refractivity contribution is -0.345. The average Bonchev–Trinajstić information content (AvgIpc) is 2.91. The summed E-state index contributed by atoms with van der Waals surface area (Å²) in [5.74, 6) is -0.108. The molecule has 2 aromatic heterocycles. The SMILES string of the molecule is Cc1cccn2c(CC(=O)N3CCC(OC(F)(F)F)CC3)cnc12. The predicted molar refractivity (Wildman–Crippen MR) is 80.4 cm³/mol. The van der Waals surface area contributed by atoms with E-state index in [-0.39, 0.29) is 38.3 Å². The number of halogens is 3. The summed E-state index contributed by atoms with van der Waals surface area (Å²) in [4.78, 5) is 18.3. The Hall–Kier alpha value is -2.09. The summed E-state index contributed by atoms with van der Waals surface area (Å²) in [6.45, 7) is 2.49. The van der Waals surface area contributed by atoms with Crippen LogP contribution in [0.1, 0.15) is 24.1 Å². The lowest BCUT2D eigenvalue weighted by Crippen LogP contribution is -2.43. The van der Waals surface area contributed by atoms with Crippen molar-refractivity contribution < 1.29 is 22.7 Å². The van der Waals surface area contributed by atoms with Gasteiger partial charge < -0.3 is 9.30 Å². The normalized spacial score (nSPS) is 16.8. The van der Waals surface area contributed by atoms with E-state index < -0.39 is 12.5 Å². The topological polar surface area (TPSA) is 46.8 Å². The van der Waals surface area contributed by atoms with Crippen LogP contribution >= 0.6 is 0 Å². The van der Waals surface area contributed by atoms with Crippen molar-refractivity contribution in [3.05, 3.63) is 35.8 Å². The van der Waals surface area contributed by atoms with E-state index in [0.29, 0.717) is 0 Å². The number of carbonyl (C=O) groups is 1. The van der Waals surface area contributed by atoms with Crippen LogP contribution in [0.4, 0.5) is 13.2 Å². The molecule has 1 aliphatic rings. The highest BCUT2D eigenvalue weighted by atomic mass is 19.4. The third-order valence-electron chi connectivity index (χ3n) is 4.23. The Morgan fingerprint density at radius 3 is 2.75 bits per heavy atom. The summed E-state index contributed by atoms with van der Waals surface area (Å²) in [5, 5.41) is 0. The molecule has 0 spiro atoms. The van der Waals surface area contributed by atoms with Crippen LogP contribution in [0.25, 0.3) is 5.65 Å². The first-order valence-electron chi connectivity index (χ1n) is 7.77. The van der Waals surface area contributed by atoms with E-state index in [1.165, 1.54) is 0 Å². The first kappa shape index (κ1) is 16.8. The Morgan fingerprint density at radius 2 is 2.08 bits per heavy atom. The Balaban J connectivity index is 1.61. The third kappa shape index (κ3) is 3.69. The molecule has 3 heterocycles. The van der Waals surface area contributed by atoms with Gasteiger partial charge in [-0.1, -0.05) is 6.07 Å². The summed E-state index contributed by atoms with van der Waals surface area (Å²) >= 11 is 0. The zero-order valence-electron chi connectivity index (χ0n) is 13.2. The highest BCUT2D eigenvalue weighted by Crippen LogP contribution is 2.24. The molecule has 1 aliphatic heterocycles. The summed E-state index contributed by atoms with van der Waals surface area (Å²) in [6.07, 6.45) is -1.41. The highest BCUT2D eigenvalue weighted by molar-refractivity contribution is 5.78. The number of alkyl halides is 3. The molecule has 0 unspecified atom stereocenters. The molecule has 2 aromatic rings. The van der Waals surface area contributed by atoms with Crippen LogP contribution in [-0.4, -0.2) is 45.7 Å². The fourth-order valence-electron chi connectivity index (χ4n) is 3.01. The Labute approximate surface area is 137 Å². The number of rotatable bonds is 3. The minimum absolute atomic E-state index is 0.108. The van der Waals surface area contributed by atoms with Crippen molar-refractivity contribution >= 4 is 11.6 Å². The van der Waals surface area contributed by atoms with Gasteiger partial charge in [-0.3, -0.25) is 9.53 Å². The molecule has 1 saturated heterocycles. The molecule has 24 heavy (non-hydrogen) atoms. The van der Waals surface area contributed by atoms with Gasteiger partial charge in [-0.2, -0.15) is 0 Å². The van der Waals surface area contributed by atoms with Crippen LogP contribution < -0.4 is 0 Å². The number of hydrogen-bond donors (Lipinski definition) is 0. The second-order valence-electron chi connectivity index (χ2n) is 5.95. The molecule has 130 valence electrons. The fraction of sp³-hybridized carbons (Fsp3) is 0.500. The number of imidazole rings is 1. The van der Waals surface area contributed by atoms with Crippen LogP contribution in [0, 0.1) is 6.92 Å². The average molecular weight is 341 g/mol. The van der Waals surface area contributed by atoms with Crippen molar-refractivity contribution in [3.63, 3.8) is 0 Å². The van der Waals surface area contributed by atoms with E-state index in [4.69, 9.17) is 0 Å². The number of carbonyl (C=O) groups excluding carboxylic acids is 1. The largest absolute Gasteiger partial charge is 0.522 e. The van der Waals surface area contributed by atoms with Gasteiger partial charge in [-0.05, 0) is 31.4 Å². The number of hydrogen-bond acceptors (Lipinski definition) is 3. The number of pyridine rings is 1. The fourth-order valence-corrected chi connectivity index (χ4v) is 3.01. The molecule has 8 heteroatoms. The molecule has 0 bridgehead atoms. The minimum Gasteiger partial charge on any atom is -0.342 e. The second kappa shape index (κ2) is 6.43. The molecule has 0 aromatic carbocycles. The van der Waals surface area contributed by atoms with Gasteiger partial charge in [0.1, 0.15) is 5.65 Å². The monoisotopic (exact) mass is 341 g/mol. The standard InChI is InChI=1S/C16H18F3N3O2/c1-11-3-2-6-22-12(10-20-15(11)22)9-14(23)21-7-4-13(5-8-21)24-16(17,18)19/h2-3,6,10,13H,4-5,7-9H2,1H3. The maximum absolute atomic E-state index is 12.4. The van der Waals surface area contributed by atoms with Crippen LogP contribution in [0.2, 0.25) is 0 Å². The number of nitrogens with zero attached hydrogens (tertiary/aromatic N) is 3. The zero-order chi connectivity index (χ0) is 17.3. The van der Waals surface area contributed by atoms with E-state index in [1.807, 2.05) is 29.7 Å². The Kier molecular flexibility index (Phi) is 4.49. The van der Waals surface area contributed by atoms with Crippen LogP contribution in [0.3, 0.4) is 0 Å². The Bertz CT molecular complexity index is 734. The molecule has 5 nitrogen and oxygen atoms in total. The van der Waals surface area contributed by atoms with E-state index in [0.717, 1.165) is 16.9 Å². The van der Waals surface area contributed by atoms with Gasteiger partial charge >= 0.3 is 6.36 Å². The van der Waals surface area contributed by atoms with Gasteiger partial charge in [-0.15, -0.1) is 13.2 Å². The van der Waals surface area contributed by atoms with Gasteiger partial charge in [0.2, 0.25) is 5.91 Å². The maximum Gasteiger partial charge on any atom is 0.522 e. The maximum atomic E-state index is 12.4. The van der Waals surface area contributed by atoms with E-state index in [1.54, 1.807) is 11.1 Å². The summed E-state index contributed by atoms with van der Waals surface area (Å²) < 4.78 is 42.5. The number of piperidine rings is 1. The summed E-state index contributed by atoms with van der Waals surface area (Å²) in [5.41, 5.74) is 2.59. The van der Waals surface area contributed by atoms with Crippen molar-refractivity contribution in [2.45, 2.75) is 38.7 Å². The Morgan fingerprint density at radius 1 is 1.38 bits per heavy atom. The molecular weight excluding hydrogens is 323 g/mol. The van der Waals surface area contributed by atoms with Crippen LogP contribution in [0.15, 0.2) is 24.5 Å². The zero-order valence-corrected chi connectivity index (χ0v) is 13.2. The molecular formula is C16H18F3N3O2. The number of likely N-dealkylation sites (tertiary alicyclic amines) is 1. The summed E-state index contributed by atoms with van der Waals surface area (Å²) in [6, 6.07) is 3.83. The molecule has 1 fully saturated rings. The van der Waals surface area contributed by atoms with E-state index in [9.17, 15) is 18.0 Å². The molecule has 3 rings (SSSR count). The van der Waals surface area contributed by atoms with Crippen LogP contribution in [-0.2, 0) is 16.0 Å². The van der Waals surface area contributed by atoms with E-state index >= 15 is 0 Å². The van der Waals surface area contributed by atoms with Gasteiger partial charge in [0, 0.05) is 25.5 Å². The van der Waals surface area contributed by atoms with Gasteiger partial charge in [0.25, 0.3) is 0 Å². The van der Waals surface area contributed by atoms with Crippen molar-refractivity contribution in [1.29, 1.82) is 0 Å². The quantitative estimate of drug-likeness (QED) is 0.862. The van der Waals surface area contributed by atoms with Gasteiger partial charge in [0.15, 0.2) is 0 Å². The van der Waals surface area contributed by atoms with E-state index in [2.05, 4.69) is 9.72 Å². The second-order valence-corrected chi connectivity index (χ2v) is 5.95. The number of amides is 1. The van der Waals surface area contributed by atoms with Crippen molar-refractivity contribution in [1.82, 2.24) is 14.3 Å². The van der Waals surface area contributed by atoms with Gasteiger partial charge in [-0.25, -0.2) is 4.98 Å². The van der Waals surface area contributed by atoms with Crippen molar-refractivity contribution in [2.75, 3.05) is 13.1 Å². The molecule has 0 aliphatic carbocycles. The third-order valence-corrected chi connectivity index (χ3v) is 4.23. The lowest BCUT2D eigenvalue weighted by atomic mass is 10.1. The first-order valence-corrected chi connectivity index (χ1v) is 7.77. The number of fused-ring (bicyclic) bond motifs is 1. The molecule has 0 radical (unpaired) electrons. The molecule has 0 saturated carbocycles. The van der Waals surface area contributed by atoms with Crippen LogP contribution in [0.5, 0.6) is 0 Å². The predicted octanol–water partition coefficient (Wildman–Crippen LogP) is 2.71. The number of ether oxygens (including phenoxy) is 1. The minimum atomic E-state index is -4.62. The lowest BCUT2D eigenvalue weighted by Gasteiger charge is -2.32. The first-order chi connectivity index (χ1) is 11.3. The van der Waals surface area contributed by atoms with Gasteiger partial charge in [0.05, 0.1) is 18.2 Å².